The minimum absolute atomic E-state index is 0.00338. The average Bonchev–Trinajstić information content (AvgIpc) is 2.68. The normalized spacial score (nSPS) is 14.8. The molecule has 0 atom stereocenters. The monoisotopic (exact) mass is 367 g/mol. The first-order chi connectivity index (χ1) is 12.9. The summed E-state index contributed by atoms with van der Waals surface area (Å²) in [5.74, 6) is 0.434. The molecule has 2 heterocycles. The van der Waals surface area contributed by atoms with Crippen molar-refractivity contribution >= 4 is 23.8 Å². The summed E-state index contributed by atoms with van der Waals surface area (Å²) in [7, 11) is 0. The Labute approximate surface area is 159 Å². The zero-order valence-corrected chi connectivity index (χ0v) is 16.0. The van der Waals surface area contributed by atoms with Crippen molar-refractivity contribution in [3.63, 3.8) is 0 Å². The van der Waals surface area contributed by atoms with Gasteiger partial charge >= 0.3 is 0 Å². The van der Waals surface area contributed by atoms with Crippen LogP contribution < -0.4 is 5.32 Å². The Kier molecular flexibility index (Phi) is 5.39. The number of carbonyl (C=O) groups is 2. The molecule has 7 nitrogen and oxygen atoms in total. The lowest BCUT2D eigenvalue weighted by molar-refractivity contribution is -0.119. The van der Waals surface area contributed by atoms with Gasteiger partial charge in [-0.05, 0) is 29.2 Å². The number of carbonyl (C=O) groups excluding carboxylic acids is 2. The quantitative estimate of drug-likeness (QED) is 0.840. The molecule has 1 aromatic heterocycles. The highest BCUT2D eigenvalue weighted by molar-refractivity contribution is 5.92. The molecule has 0 saturated carbocycles. The third-order valence-corrected chi connectivity index (χ3v) is 4.63. The van der Waals surface area contributed by atoms with Crippen LogP contribution in [-0.4, -0.2) is 58.5 Å². The number of aromatic nitrogens is 2. The summed E-state index contributed by atoms with van der Waals surface area (Å²) in [6.07, 6.45) is 0.817. The van der Waals surface area contributed by atoms with E-state index in [1.54, 1.807) is 21.9 Å². The van der Waals surface area contributed by atoms with Crippen LogP contribution in [0.3, 0.4) is 0 Å². The Hall–Kier alpha value is -2.96. The van der Waals surface area contributed by atoms with Gasteiger partial charge in [-0.25, -0.2) is 0 Å². The van der Waals surface area contributed by atoms with Gasteiger partial charge in [-0.15, -0.1) is 10.2 Å². The second-order valence-corrected chi connectivity index (χ2v) is 7.66. The molecule has 0 radical (unpaired) electrons. The average molecular weight is 367 g/mol. The van der Waals surface area contributed by atoms with Gasteiger partial charge in [-0.2, -0.15) is 0 Å². The van der Waals surface area contributed by atoms with Gasteiger partial charge in [0.05, 0.1) is 0 Å². The van der Waals surface area contributed by atoms with Crippen LogP contribution in [-0.2, 0) is 10.2 Å². The minimum atomic E-state index is -0.158. The van der Waals surface area contributed by atoms with E-state index in [1.807, 2.05) is 18.2 Å². The molecule has 2 aromatic rings. The van der Waals surface area contributed by atoms with Crippen LogP contribution in [0, 0.1) is 0 Å². The highest BCUT2D eigenvalue weighted by Crippen LogP contribution is 2.30. The Morgan fingerprint density at radius 2 is 1.74 bits per heavy atom. The Morgan fingerprint density at radius 1 is 1.04 bits per heavy atom. The molecule has 0 aliphatic carbocycles. The van der Waals surface area contributed by atoms with Crippen molar-refractivity contribution in [2.45, 2.75) is 26.2 Å². The molecule has 1 aliphatic heterocycles. The highest BCUT2D eigenvalue weighted by atomic mass is 16.2. The Morgan fingerprint density at radius 3 is 2.33 bits per heavy atom. The molecule has 2 amide bonds. The third-order valence-electron chi connectivity index (χ3n) is 4.63. The van der Waals surface area contributed by atoms with Crippen LogP contribution in [0.15, 0.2) is 36.4 Å². The van der Waals surface area contributed by atoms with E-state index in [-0.39, 0.29) is 11.3 Å². The van der Waals surface area contributed by atoms with Gasteiger partial charge in [0.2, 0.25) is 6.41 Å². The molecule has 0 unspecified atom stereocenters. The molecule has 1 aliphatic rings. The van der Waals surface area contributed by atoms with Crippen molar-refractivity contribution in [3.8, 4) is 0 Å². The van der Waals surface area contributed by atoms with Crippen molar-refractivity contribution < 1.29 is 9.59 Å². The van der Waals surface area contributed by atoms with Crippen LogP contribution in [0.25, 0.3) is 0 Å². The number of para-hydroxylation sites is 1. The molecule has 0 spiro atoms. The lowest BCUT2D eigenvalue weighted by Gasteiger charge is -2.32. The fourth-order valence-corrected chi connectivity index (χ4v) is 3.09. The number of benzene rings is 1. The summed E-state index contributed by atoms with van der Waals surface area (Å²) in [5, 5.41) is 11.6. The van der Waals surface area contributed by atoms with Crippen LogP contribution in [0.4, 0.5) is 11.5 Å². The largest absolute Gasteiger partial charge is 0.342 e. The van der Waals surface area contributed by atoms with Gasteiger partial charge in [0.25, 0.3) is 5.91 Å². The van der Waals surface area contributed by atoms with Crippen molar-refractivity contribution in [2.75, 3.05) is 31.5 Å². The first-order valence-corrected chi connectivity index (χ1v) is 9.07. The van der Waals surface area contributed by atoms with E-state index in [9.17, 15) is 9.59 Å². The molecule has 7 heteroatoms. The molecule has 1 aromatic carbocycles. The van der Waals surface area contributed by atoms with Crippen molar-refractivity contribution in [3.05, 3.63) is 47.7 Å². The highest BCUT2D eigenvalue weighted by Gasteiger charge is 2.23. The zero-order valence-electron chi connectivity index (χ0n) is 16.0. The van der Waals surface area contributed by atoms with E-state index in [0.29, 0.717) is 37.7 Å². The molecule has 0 bridgehead atoms. The Balaban J connectivity index is 1.70. The van der Waals surface area contributed by atoms with Gasteiger partial charge in [0.1, 0.15) is 0 Å². The number of nitrogens with zero attached hydrogens (tertiary/aromatic N) is 4. The summed E-state index contributed by atoms with van der Waals surface area (Å²) in [5.41, 5.74) is 2.46. The molecule has 27 heavy (non-hydrogen) atoms. The molecular weight excluding hydrogens is 342 g/mol. The van der Waals surface area contributed by atoms with Gasteiger partial charge in [0.15, 0.2) is 11.5 Å². The number of hydrogen-bond donors (Lipinski definition) is 1. The van der Waals surface area contributed by atoms with E-state index in [4.69, 9.17) is 0 Å². The third kappa shape index (κ3) is 4.42. The van der Waals surface area contributed by atoms with E-state index >= 15 is 0 Å². The number of hydrogen-bond acceptors (Lipinski definition) is 5. The zero-order chi connectivity index (χ0) is 19.4. The molecule has 1 saturated heterocycles. The second kappa shape index (κ2) is 7.73. The lowest BCUT2D eigenvalue weighted by Crippen LogP contribution is -2.48. The van der Waals surface area contributed by atoms with Crippen LogP contribution in [0.5, 0.6) is 0 Å². The molecule has 3 rings (SSSR count). The van der Waals surface area contributed by atoms with Crippen molar-refractivity contribution in [1.29, 1.82) is 0 Å². The number of piperazine rings is 1. The lowest BCUT2D eigenvalue weighted by atomic mass is 9.86. The molecular formula is C20H25N5O2. The van der Waals surface area contributed by atoms with Gasteiger partial charge in [0, 0.05) is 31.9 Å². The summed E-state index contributed by atoms with van der Waals surface area (Å²) >= 11 is 0. The standard InChI is InChI=1S/C20H25N5O2/c1-20(2,3)15-6-4-5-7-16(15)21-18-9-8-17(22-23-18)19(27)25-12-10-24(14-26)11-13-25/h4-9,14H,10-13H2,1-3H3,(H,21,23). The number of nitrogens with one attached hydrogen (secondary N) is 1. The maximum absolute atomic E-state index is 12.5. The van der Waals surface area contributed by atoms with E-state index < -0.39 is 0 Å². The maximum Gasteiger partial charge on any atom is 0.274 e. The summed E-state index contributed by atoms with van der Waals surface area (Å²) in [4.78, 5) is 26.7. The molecule has 1 N–H and O–H groups in total. The van der Waals surface area contributed by atoms with E-state index in [1.165, 1.54) is 5.56 Å². The fraction of sp³-hybridized carbons (Fsp3) is 0.400. The second-order valence-electron chi connectivity index (χ2n) is 7.66. The van der Waals surface area contributed by atoms with Crippen molar-refractivity contribution in [2.24, 2.45) is 0 Å². The summed E-state index contributed by atoms with van der Waals surface area (Å²) in [6, 6.07) is 11.5. The van der Waals surface area contributed by atoms with Crippen molar-refractivity contribution in [1.82, 2.24) is 20.0 Å². The predicted octanol–water partition coefficient (Wildman–Crippen LogP) is 2.43. The Bertz CT molecular complexity index is 806. The van der Waals surface area contributed by atoms with Gasteiger partial charge < -0.3 is 15.1 Å². The predicted molar refractivity (Wildman–Crippen MR) is 104 cm³/mol. The van der Waals surface area contributed by atoms with E-state index in [0.717, 1.165) is 12.1 Å². The number of amides is 2. The molecule has 1 fully saturated rings. The first kappa shape index (κ1) is 18.8. The smallest absolute Gasteiger partial charge is 0.274 e. The van der Waals surface area contributed by atoms with Gasteiger partial charge in [-0.3, -0.25) is 9.59 Å². The fourth-order valence-electron chi connectivity index (χ4n) is 3.09. The first-order valence-electron chi connectivity index (χ1n) is 9.07. The minimum Gasteiger partial charge on any atom is -0.342 e. The topological polar surface area (TPSA) is 78.4 Å². The number of anilines is 2. The summed E-state index contributed by atoms with van der Waals surface area (Å²) in [6.45, 7) is 8.59. The summed E-state index contributed by atoms with van der Waals surface area (Å²) < 4.78 is 0. The SMILES string of the molecule is CC(C)(C)c1ccccc1Nc1ccc(C(=O)N2CCN(C=O)CC2)nn1. The van der Waals surface area contributed by atoms with Crippen LogP contribution in [0.2, 0.25) is 0 Å². The van der Waals surface area contributed by atoms with Gasteiger partial charge in [-0.1, -0.05) is 39.0 Å². The van der Waals surface area contributed by atoms with Crippen LogP contribution >= 0.6 is 0 Å². The molecule has 142 valence electrons. The number of rotatable bonds is 4. The van der Waals surface area contributed by atoms with Crippen LogP contribution in [0.1, 0.15) is 36.8 Å². The maximum atomic E-state index is 12.5. The van der Waals surface area contributed by atoms with E-state index in [2.05, 4.69) is 42.4 Å².